The number of halogens is 2. The predicted octanol–water partition coefficient (Wildman–Crippen LogP) is 4.29. The highest BCUT2D eigenvalue weighted by Gasteiger charge is 2.45. The van der Waals surface area contributed by atoms with Crippen molar-refractivity contribution in [3.63, 3.8) is 0 Å². The highest BCUT2D eigenvalue weighted by molar-refractivity contribution is 6.30. The number of amides is 3. The number of benzene rings is 1. The first kappa shape index (κ1) is 30.4. The molecule has 3 amide bonds. The molecule has 2 aliphatic rings. The molecule has 7 nitrogen and oxygen atoms in total. The van der Waals surface area contributed by atoms with E-state index in [2.05, 4.69) is 31.0 Å². The number of piperazine rings is 1. The van der Waals surface area contributed by atoms with Gasteiger partial charge in [0.05, 0.1) is 10.9 Å². The standard InChI is InChI=1S/C29H44ClFN4O3/c1-18-15-33(27(38)25(32-19(2)36)14-28(3,4)5)11-12-35(18)26(37)22-17-34(29(6,7)8)16-21(22)20-9-10-23(30)24(31)13-20/h9-10,13,18,21-22,25H,11-12,14-17H2,1-8H3,(H,32,36)/t18-,21-,22?,25-/m0/s1. The molecule has 3 rings (SSSR count). The van der Waals surface area contributed by atoms with E-state index in [9.17, 15) is 18.8 Å². The predicted molar refractivity (Wildman–Crippen MR) is 148 cm³/mol. The van der Waals surface area contributed by atoms with E-state index in [4.69, 9.17) is 11.6 Å². The molecule has 0 aliphatic carbocycles. The maximum absolute atomic E-state index is 14.4. The van der Waals surface area contributed by atoms with E-state index in [-0.39, 0.29) is 51.6 Å². The van der Waals surface area contributed by atoms with Crippen molar-refractivity contribution >= 4 is 29.3 Å². The van der Waals surface area contributed by atoms with Crippen LogP contribution in [0.15, 0.2) is 18.2 Å². The van der Waals surface area contributed by atoms with Crippen molar-refractivity contribution in [2.45, 2.75) is 85.4 Å². The third-order valence-electron chi connectivity index (χ3n) is 7.67. The van der Waals surface area contributed by atoms with Crippen LogP contribution in [0.5, 0.6) is 0 Å². The van der Waals surface area contributed by atoms with Crippen LogP contribution in [0.25, 0.3) is 0 Å². The lowest BCUT2D eigenvalue weighted by molar-refractivity contribution is -0.147. The molecule has 1 aromatic rings. The third kappa shape index (κ3) is 7.26. The monoisotopic (exact) mass is 550 g/mol. The van der Waals surface area contributed by atoms with E-state index in [1.165, 1.54) is 13.0 Å². The number of hydrogen-bond donors (Lipinski definition) is 1. The normalized spacial score (nSPS) is 23.9. The molecule has 9 heteroatoms. The van der Waals surface area contributed by atoms with Crippen molar-refractivity contribution in [2.75, 3.05) is 32.7 Å². The molecule has 2 aliphatic heterocycles. The summed E-state index contributed by atoms with van der Waals surface area (Å²) < 4.78 is 14.4. The van der Waals surface area contributed by atoms with Crippen molar-refractivity contribution in [3.8, 4) is 0 Å². The molecule has 2 saturated heterocycles. The summed E-state index contributed by atoms with van der Waals surface area (Å²) in [6.07, 6.45) is 0.531. The molecular formula is C29H44ClFN4O3. The van der Waals surface area contributed by atoms with Gasteiger partial charge in [0.25, 0.3) is 0 Å². The Bertz CT molecular complexity index is 1050. The summed E-state index contributed by atoms with van der Waals surface area (Å²) in [5, 5.41) is 2.89. The third-order valence-corrected chi connectivity index (χ3v) is 7.98. The fourth-order valence-corrected chi connectivity index (χ4v) is 5.78. The summed E-state index contributed by atoms with van der Waals surface area (Å²) in [4.78, 5) is 45.1. The first-order valence-corrected chi connectivity index (χ1v) is 13.9. The average Bonchev–Trinajstić information content (AvgIpc) is 3.24. The molecule has 212 valence electrons. The van der Waals surface area contributed by atoms with Crippen LogP contribution in [0.4, 0.5) is 4.39 Å². The number of nitrogens with one attached hydrogen (secondary N) is 1. The Balaban J connectivity index is 1.77. The zero-order valence-corrected chi connectivity index (χ0v) is 24.9. The second-order valence-electron chi connectivity index (χ2n) is 13.1. The van der Waals surface area contributed by atoms with Gasteiger partial charge in [-0.25, -0.2) is 4.39 Å². The summed E-state index contributed by atoms with van der Waals surface area (Å²) in [7, 11) is 0. The molecule has 38 heavy (non-hydrogen) atoms. The molecule has 1 N–H and O–H groups in total. The van der Waals surface area contributed by atoms with Gasteiger partial charge in [-0.2, -0.15) is 0 Å². The summed E-state index contributed by atoms with van der Waals surface area (Å²) in [6.45, 7) is 18.3. The van der Waals surface area contributed by atoms with Crippen molar-refractivity contribution in [1.29, 1.82) is 0 Å². The zero-order chi connectivity index (χ0) is 28.6. The molecule has 4 atom stereocenters. The Hall–Kier alpha value is -2.19. The lowest BCUT2D eigenvalue weighted by Gasteiger charge is -2.43. The van der Waals surface area contributed by atoms with Crippen molar-refractivity contribution in [2.24, 2.45) is 11.3 Å². The summed E-state index contributed by atoms with van der Waals surface area (Å²) in [5.74, 6) is -1.27. The fraction of sp³-hybridized carbons (Fsp3) is 0.690. The Morgan fingerprint density at radius 2 is 1.74 bits per heavy atom. The summed E-state index contributed by atoms with van der Waals surface area (Å²) in [6, 6.07) is 4.06. The minimum atomic E-state index is -0.596. The van der Waals surface area contributed by atoms with Crippen molar-refractivity contribution in [1.82, 2.24) is 20.0 Å². The summed E-state index contributed by atoms with van der Waals surface area (Å²) in [5.41, 5.74) is 0.503. The van der Waals surface area contributed by atoms with Gasteiger partial charge in [-0.1, -0.05) is 38.4 Å². The molecule has 0 aromatic heterocycles. The van der Waals surface area contributed by atoms with Gasteiger partial charge in [-0.05, 0) is 57.2 Å². The molecule has 2 heterocycles. The largest absolute Gasteiger partial charge is 0.345 e. The van der Waals surface area contributed by atoms with Gasteiger partial charge in [0.2, 0.25) is 17.7 Å². The highest BCUT2D eigenvalue weighted by Crippen LogP contribution is 2.38. The Morgan fingerprint density at radius 3 is 2.26 bits per heavy atom. The molecule has 0 bridgehead atoms. The molecule has 0 radical (unpaired) electrons. The Kier molecular flexibility index (Phi) is 9.19. The summed E-state index contributed by atoms with van der Waals surface area (Å²) >= 11 is 5.94. The maximum atomic E-state index is 14.4. The van der Waals surface area contributed by atoms with E-state index in [0.29, 0.717) is 39.1 Å². The van der Waals surface area contributed by atoms with Gasteiger partial charge in [-0.15, -0.1) is 0 Å². The molecular weight excluding hydrogens is 507 g/mol. The van der Waals surface area contributed by atoms with Crippen LogP contribution in [0, 0.1) is 17.2 Å². The zero-order valence-electron chi connectivity index (χ0n) is 24.1. The van der Waals surface area contributed by atoms with E-state index in [0.717, 1.165) is 5.56 Å². The minimum Gasteiger partial charge on any atom is -0.345 e. The van der Waals surface area contributed by atoms with Gasteiger partial charge in [0.1, 0.15) is 11.9 Å². The lowest BCUT2D eigenvalue weighted by atomic mass is 9.87. The van der Waals surface area contributed by atoms with Crippen LogP contribution in [-0.2, 0) is 14.4 Å². The van der Waals surface area contributed by atoms with Gasteiger partial charge in [-0.3, -0.25) is 19.3 Å². The van der Waals surface area contributed by atoms with Gasteiger partial charge in [0.15, 0.2) is 0 Å². The van der Waals surface area contributed by atoms with Crippen molar-refractivity contribution in [3.05, 3.63) is 34.6 Å². The number of rotatable bonds is 5. The lowest BCUT2D eigenvalue weighted by Crippen LogP contribution is -2.60. The SMILES string of the molecule is CC(=O)N[C@@H](CC(C)(C)C)C(=O)N1CCN(C(=O)C2CN(C(C)(C)C)C[C@H]2c2ccc(Cl)c(F)c2)[C@@H](C)C1. The first-order valence-electron chi connectivity index (χ1n) is 13.5. The van der Waals surface area contributed by atoms with E-state index < -0.39 is 11.9 Å². The molecule has 1 unspecified atom stereocenters. The van der Waals surface area contributed by atoms with Crippen LogP contribution in [0.2, 0.25) is 5.02 Å². The van der Waals surface area contributed by atoms with Crippen LogP contribution >= 0.6 is 11.6 Å². The highest BCUT2D eigenvalue weighted by atomic mass is 35.5. The quantitative estimate of drug-likeness (QED) is 0.593. The van der Waals surface area contributed by atoms with Gasteiger partial charge < -0.3 is 15.1 Å². The molecule has 0 spiro atoms. The van der Waals surface area contributed by atoms with Gasteiger partial charge >= 0.3 is 0 Å². The number of nitrogens with zero attached hydrogens (tertiary/aromatic N) is 3. The second-order valence-corrected chi connectivity index (χ2v) is 13.6. The van der Waals surface area contributed by atoms with E-state index in [1.54, 1.807) is 11.0 Å². The van der Waals surface area contributed by atoms with E-state index in [1.807, 2.05) is 38.7 Å². The topological polar surface area (TPSA) is 73.0 Å². The van der Waals surface area contributed by atoms with Crippen LogP contribution in [-0.4, -0.2) is 82.8 Å². The van der Waals surface area contributed by atoms with Crippen molar-refractivity contribution < 1.29 is 18.8 Å². The first-order chi connectivity index (χ1) is 17.5. The fourth-order valence-electron chi connectivity index (χ4n) is 5.66. The minimum absolute atomic E-state index is 0.0322. The van der Waals surface area contributed by atoms with Crippen LogP contribution in [0.1, 0.15) is 73.3 Å². The average molecular weight is 551 g/mol. The molecule has 0 saturated carbocycles. The maximum Gasteiger partial charge on any atom is 0.245 e. The smallest absolute Gasteiger partial charge is 0.245 e. The van der Waals surface area contributed by atoms with E-state index >= 15 is 0 Å². The number of carbonyl (C=O) groups is 3. The molecule has 2 fully saturated rings. The van der Waals surface area contributed by atoms with Crippen LogP contribution in [0.3, 0.4) is 0 Å². The Morgan fingerprint density at radius 1 is 1.08 bits per heavy atom. The number of hydrogen-bond acceptors (Lipinski definition) is 4. The van der Waals surface area contributed by atoms with Crippen LogP contribution < -0.4 is 5.32 Å². The Labute approximate surface area is 232 Å². The number of likely N-dealkylation sites (tertiary alicyclic amines) is 1. The second kappa shape index (κ2) is 11.5. The molecule has 1 aromatic carbocycles. The number of carbonyl (C=O) groups excluding carboxylic acids is 3. The van der Waals surface area contributed by atoms with Gasteiger partial charge in [0, 0.05) is 57.1 Å².